The maximum Gasteiger partial charge on any atom is 0.253 e. The van der Waals surface area contributed by atoms with Gasteiger partial charge < -0.3 is 20.6 Å². The average Bonchev–Trinajstić information content (AvgIpc) is 3.30. The number of hydrogen-bond acceptors (Lipinski definition) is 4. The molecule has 0 spiro atoms. The van der Waals surface area contributed by atoms with Crippen molar-refractivity contribution in [3.05, 3.63) is 70.3 Å². The smallest absolute Gasteiger partial charge is 0.253 e. The summed E-state index contributed by atoms with van der Waals surface area (Å²) >= 11 is 0. The molecule has 1 heterocycles. The number of carbonyl (C=O) groups excluding carboxylic acids is 3. The minimum Gasteiger partial charge on any atom is -0.391 e. The fourth-order valence-corrected chi connectivity index (χ4v) is 5.06. The first-order valence-corrected chi connectivity index (χ1v) is 13.7. The molecule has 1 aliphatic heterocycles. The number of hydrogen-bond donors (Lipinski definition) is 3. The summed E-state index contributed by atoms with van der Waals surface area (Å²) in [6.07, 6.45) is 2.48. The number of benzene rings is 2. The van der Waals surface area contributed by atoms with E-state index < -0.39 is 29.7 Å². The molecule has 0 aromatic heterocycles. The predicted molar refractivity (Wildman–Crippen MR) is 145 cm³/mol. The Bertz CT molecular complexity index is 1150. The van der Waals surface area contributed by atoms with Crippen molar-refractivity contribution in [2.75, 3.05) is 13.1 Å². The molecule has 1 saturated heterocycles. The van der Waals surface area contributed by atoms with Gasteiger partial charge in [0.15, 0.2) is 0 Å². The summed E-state index contributed by atoms with van der Waals surface area (Å²) in [5.41, 5.74) is 1.70. The Hall–Kier alpha value is -3.33. The number of halogens is 2. The van der Waals surface area contributed by atoms with Crippen LogP contribution in [0.3, 0.4) is 0 Å². The van der Waals surface area contributed by atoms with Crippen LogP contribution in [-0.2, 0) is 11.2 Å². The molecule has 3 amide bonds. The maximum absolute atomic E-state index is 13.9. The van der Waals surface area contributed by atoms with Gasteiger partial charge in [-0.05, 0) is 86.9 Å². The molecule has 1 aliphatic rings. The molecule has 3 unspecified atom stereocenters. The second kappa shape index (κ2) is 14.2. The zero-order valence-corrected chi connectivity index (χ0v) is 22.9. The molecule has 0 aliphatic carbocycles. The summed E-state index contributed by atoms with van der Waals surface area (Å²) in [6, 6.07) is 7.15. The van der Waals surface area contributed by atoms with Crippen molar-refractivity contribution in [3.63, 3.8) is 0 Å². The van der Waals surface area contributed by atoms with Crippen LogP contribution in [0.1, 0.15) is 84.2 Å². The fraction of sp³-hybridized carbons (Fsp3) is 0.500. The van der Waals surface area contributed by atoms with E-state index in [0.717, 1.165) is 24.5 Å². The van der Waals surface area contributed by atoms with Gasteiger partial charge in [-0.3, -0.25) is 14.4 Å². The second-order valence-corrected chi connectivity index (χ2v) is 10.4. The Morgan fingerprint density at radius 1 is 1.05 bits per heavy atom. The van der Waals surface area contributed by atoms with Gasteiger partial charge in [0.25, 0.3) is 11.8 Å². The molecule has 39 heavy (non-hydrogen) atoms. The van der Waals surface area contributed by atoms with E-state index in [4.69, 9.17) is 0 Å². The summed E-state index contributed by atoms with van der Waals surface area (Å²) in [6.45, 7) is 7.03. The Morgan fingerprint density at radius 3 is 2.28 bits per heavy atom. The van der Waals surface area contributed by atoms with Gasteiger partial charge in [0.1, 0.15) is 11.6 Å². The van der Waals surface area contributed by atoms with Crippen molar-refractivity contribution in [1.82, 2.24) is 15.5 Å². The number of nitrogens with zero attached hydrogens (tertiary/aromatic N) is 1. The van der Waals surface area contributed by atoms with Crippen molar-refractivity contribution in [2.24, 2.45) is 0 Å². The van der Waals surface area contributed by atoms with Crippen LogP contribution in [0.15, 0.2) is 36.4 Å². The highest BCUT2D eigenvalue weighted by Crippen LogP contribution is 2.19. The SMILES string of the molecule is CCCN(CCC)C(=O)c1cc(C)cc(C(=O)NC(Cc2cc(F)cc(F)c2)C(O)CCC2CCC(=O)N2)c1. The van der Waals surface area contributed by atoms with Crippen LogP contribution in [0.25, 0.3) is 0 Å². The zero-order chi connectivity index (χ0) is 28.5. The van der Waals surface area contributed by atoms with Crippen LogP contribution in [0, 0.1) is 18.6 Å². The number of aliphatic hydroxyl groups excluding tert-OH is 1. The third-order valence-corrected chi connectivity index (χ3v) is 6.92. The summed E-state index contributed by atoms with van der Waals surface area (Å²) in [5.74, 6) is -2.18. The first kappa shape index (κ1) is 30.2. The summed E-state index contributed by atoms with van der Waals surface area (Å²) in [4.78, 5) is 39.9. The van der Waals surface area contributed by atoms with Crippen LogP contribution in [0.5, 0.6) is 0 Å². The highest BCUT2D eigenvalue weighted by molar-refractivity contribution is 6.00. The zero-order valence-electron chi connectivity index (χ0n) is 22.9. The summed E-state index contributed by atoms with van der Waals surface area (Å²) in [7, 11) is 0. The first-order chi connectivity index (χ1) is 18.6. The highest BCUT2D eigenvalue weighted by Gasteiger charge is 2.27. The molecule has 1 fully saturated rings. The Morgan fingerprint density at radius 2 is 1.69 bits per heavy atom. The molecule has 3 atom stereocenters. The maximum atomic E-state index is 13.9. The van der Waals surface area contributed by atoms with Gasteiger partial charge >= 0.3 is 0 Å². The lowest BCUT2D eigenvalue weighted by Gasteiger charge is -2.26. The first-order valence-electron chi connectivity index (χ1n) is 13.7. The van der Waals surface area contributed by atoms with Crippen molar-refractivity contribution < 1.29 is 28.3 Å². The van der Waals surface area contributed by atoms with Gasteiger partial charge in [-0.1, -0.05) is 13.8 Å². The molecular weight excluding hydrogens is 504 g/mol. The molecule has 3 rings (SSSR count). The topological polar surface area (TPSA) is 98.7 Å². The van der Waals surface area contributed by atoms with Crippen LogP contribution < -0.4 is 10.6 Å². The number of aryl methyl sites for hydroxylation is 1. The number of nitrogens with one attached hydrogen (secondary N) is 2. The fourth-order valence-electron chi connectivity index (χ4n) is 5.06. The molecule has 2 aromatic carbocycles. The second-order valence-electron chi connectivity index (χ2n) is 10.4. The molecule has 0 radical (unpaired) electrons. The van der Waals surface area contributed by atoms with Gasteiger partial charge in [-0.25, -0.2) is 8.78 Å². The molecule has 0 saturated carbocycles. The molecule has 212 valence electrons. The van der Waals surface area contributed by atoms with Crippen LogP contribution in [-0.4, -0.2) is 59.0 Å². The largest absolute Gasteiger partial charge is 0.391 e. The lowest BCUT2D eigenvalue weighted by Crippen LogP contribution is -2.45. The van der Waals surface area contributed by atoms with E-state index in [1.165, 1.54) is 12.1 Å². The average molecular weight is 544 g/mol. The Kier molecular flexibility index (Phi) is 11.0. The van der Waals surface area contributed by atoms with E-state index >= 15 is 0 Å². The molecule has 0 bridgehead atoms. The van der Waals surface area contributed by atoms with E-state index in [2.05, 4.69) is 10.6 Å². The Balaban J connectivity index is 1.81. The van der Waals surface area contributed by atoms with Crippen molar-refractivity contribution in [1.29, 1.82) is 0 Å². The lowest BCUT2D eigenvalue weighted by atomic mass is 9.95. The van der Waals surface area contributed by atoms with E-state index in [-0.39, 0.29) is 36.3 Å². The van der Waals surface area contributed by atoms with Gasteiger partial charge in [0.05, 0.1) is 12.1 Å². The minimum atomic E-state index is -1.03. The van der Waals surface area contributed by atoms with Crippen LogP contribution in [0.4, 0.5) is 8.78 Å². The molecule has 9 heteroatoms. The summed E-state index contributed by atoms with van der Waals surface area (Å²) in [5, 5.41) is 16.7. The highest BCUT2D eigenvalue weighted by atomic mass is 19.1. The molecule has 3 N–H and O–H groups in total. The van der Waals surface area contributed by atoms with Crippen molar-refractivity contribution >= 4 is 17.7 Å². The predicted octanol–water partition coefficient (Wildman–Crippen LogP) is 4.30. The third kappa shape index (κ3) is 8.85. The number of rotatable bonds is 13. The van der Waals surface area contributed by atoms with Crippen molar-refractivity contribution in [3.8, 4) is 0 Å². The molecule has 2 aromatic rings. The van der Waals surface area contributed by atoms with Gasteiger partial charge in [0.2, 0.25) is 5.91 Å². The molecule has 7 nitrogen and oxygen atoms in total. The van der Waals surface area contributed by atoms with E-state index in [0.29, 0.717) is 43.5 Å². The monoisotopic (exact) mass is 543 g/mol. The lowest BCUT2D eigenvalue weighted by molar-refractivity contribution is -0.119. The van der Waals surface area contributed by atoms with Gasteiger partial charge in [-0.2, -0.15) is 0 Å². The molecular formula is C30H39F2N3O4. The van der Waals surface area contributed by atoms with Crippen LogP contribution in [0.2, 0.25) is 0 Å². The van der Waals surface area contributed by atoms with E-state index in [9.17, 15) is 28.3 Å². The minimum absolute atomic E-state index is 0.00298. The quantitative estimate of drug-likeness (QED) is 0.351. The van der Waals surface area contributed by atoms with Gasteiger partial charge in [0, 0.05) is 42.7 Å². The Labute approximate surface area is 229 Å². The van der Waals surface area contributed by atoms with Crippen LogP contribution >= 0.6 is 0 Å². The van der Waals surface area contributed by atoms with Gasteiger partial charge in [-0.15, -0.1) is 0 Å². The standard InChI is InChI=1S/C30H39F2N3O4/c1-4-10-35(11-5-2)30(39)22-13-19(3)12-21(17-22)29(38)34-26(16-20-14-23(31)18-24(32)15-20)27(36)8-6-25-7-9-28(37)33-25/h12-15,17-18,25-27,36H,4-11,16H2,1-3H3,(H,33,37)(H,34,38). The van der Waals surface area contributed by atoms with Crippen molar-refractivity contribution in [2.45, 2.75) is 83.9 Å². The van der Waals surface area contributed by atoms with E-state index in [1.54, 1.807) is 30.0 Å². The third-order valence-electron chi connectivity index (χ3n) is 6.92. The number of carbonyl (C=O) groups is 3. The normalized spacial score (nSPS) is 16.5. The number of aliphatic hydroxyl groups is 1. The van der Waals surface area contributed by atoms with E-state index in [1.807, 2.05) is 13.8 Å². The summed E-state index contributed by atoms with van der Waals surface area (Å²) < 4.78 is 27.7. The number of amides is 3.